The molecule has 0 aliphatic carbocycles. The molecule has 0 unspecified atom stereocenters. The maximum Gasteiger partial charge on any atom is 0.327 e. The monoisotopic (exact) mass is 221 g/mol. The number of esters is 1. The second-order valence-electron chi connectivity index (χ2n) is 4.16. The fraction of sp³-hybridized carbons (Fsp3) is 0.462. The van der Waals surface area contributed by atoms with Crippen molar-refractivity contribution < 1.29 is 9.53 Å². The number of rotatable bonds is 3. The molecule has 0 saturated heterocycles. The summed E-state index contributed by atoms with van der Waals surface area (Å²) >= 11 is 0. The Morgan fingerprint density at radius 2 is 1.75 bits per heavy atom. The molecule has 16 heavy (non-hydrogen) atoms. The summed E-state index contributed by atoms with van der Waals surface area (Å²) in [5.74, 6) is -0.251. The van der Waals surface area contributed by atoms with Crippen LogP contribution < -0.4 is 5.32 Å². The van der Waals surface area contributed by atoms with Gasteiger partial charge in [0.1, 0.15) is 6.04 Å². The van der Waals surface area contributed by atoms with Crippen LogP contribution in [0.25, 0.3) is 0 Å². The number of methoxy groups -OCH3 is 1. The normalized spacial score (nSPS) is 12.1. The first-order valence-electron chi connectivity index (χ1n) is 5.38. The Bertz CT molecular complexity index is 376. The number of nitrogens with one attached hydrogen (secondary N) is 1. The molecule has 0 aromatic heterocycles. The van der Waals surface area contributed by atoms with Crippen LogP contribution in [0.15, 0.2) is 12.1 Å². The lowest BCUT2D eigenvalue weighted by molar-refractivity contribution is -0.141. The molecule has 0 spiro atoms. The molecule has 0 fully saturated rings. The van der Waals surface area contributed by atoms with Gasteiger partial charge in [-0.3, -0.25) is 0 Å². The predicted molar refractivity (Wildman–Crippen MR) is 65.8 cm³/mol. The van der Waals surface area contributed by atoms with Gasteiger partial charge in [-0.2, -0.15) is 0 Å². The summed E-state index contributed by atoms with van der Waals surface area (Å²) in [6, 6.07) is 3.86. The summed E-state index contributed by atoms with van der Waals surface area (Å²) in [5, 5.41) is 3.18. The number of anilines is 1. The molecule has 0 radical (unpaired) electrons. The van der Waals surface area contributed by atoms with Gasteiger partial charge in [0.25, 0.3) is 0 Å². The van der Waals surface area contributed by atoms with Crippen LogP contribution in [0.1, 0.15) is 23.6 Å². The number of hydrogen-bond acceptors (Lipinski definition) is 3. The summed E-state index contributed by atoms with van der Waals surface area (Å²) in [5.41, 5.74) is 4.54. The van der Waals surface area contributed by atoms with Crippen molar-refractivity contribution in [3.63, 3.8) is 0 Å². The summed E-state index contributed by atoms with van der Waals surface area (Å²) in [6.45, 7) is 7.93. The van der Waals surface area contributed by atoms with Gasteiger partial charge in [-0.1, -0.05) is 17.7 Å². The van der Waals surface area contributed by atoms with Crippen molar-refractivity contribution in [2.24, 2.45) is 0 Å². The van der Waals surface area contributed by atoms with Gasteiger partial charge in [-0.05, 0) is 38.8 Å². The molecule has 1 aromatic rings. The van der Waals surface area contributed by atoms with Gasteiger partial charge in [0.05, 0.1) is 7.11 Å². The smallest absolute Gasteiger partial charge is 0.327 e. The molecule has 3 heteroatoms. The third kappa shape index (κ3) is 2.75. The zero-order valence-electron chi connectivity index (χ0n) is 10.5. The molecule has 0 aliphatic rings. The van der Waals surface area contributed by atoms with Crippen LogP contribution in [-0.2, 0) is 9.53 Å². The Kier molecular flexibility index (Phi) is 3.93. The van der Waals surface area contributed by atoms with Crippen molar-refractivity contribution in [3.8, 4) is 0 Å². The fourth-order valence-electron chi connectivity index (χ4n) is 1.86. The molecule has 88 valence electrons. The first kappa shape index (κ1) is 12.6. The quantitative estimate of drug-likeness (QED) is 0.797. The SMILES string of the molecule is COC(=O)[C@H](C)Nc1c(C)cc(C)cc1C. The molecule has 0 saturated carbocycles. The van der Waals surface area contributed by atoms with E-state index in [1.807, 2.05) is 13.8 Å². The average Bonchev–Trinajstić information content (AvgIpc) is 2.21. The van der Waals surface area contributed by atoms with E-state index in [9.17, 15) is 4.79 Å². The van der Waals surface area contributed by atoms with Crippen LogP contribution >= 0.6 is 0 Å². The number of ether oxygens (including phenoxy) is 1. The van der Waals surface area contributed by atoms with Crippen molar-refractivity contribution >= 4 is 11.7 Å². The van der Waals surface area contributed by atoms with Gasteiger partial charge in [0, 0.05) is 5.69 Å². The van der Waals surface area contributed by atoms with Crippen molar-refractivity contribution in [1.82, 2.24) is 0 Å². The molecular formula is C13H19NO2. The first-order valence-corrected chi connectivity index (χ1v) is 5.38. The molecule has 0 heterocycles. The van der Waals surface area contributed by atoms with Crippen molar-refractivity contribution in [1.29, 1.82) is 0 Å². The number of carbonyl (C=O) groups is 1. The largest absolute Gasteiger partial charge is 0.467 e. The van der Waals surface area contributed by atoms with Crippen LogP contribution in [0, 0.1) is 20.8 Å². The predicted octanol–water partition coefficient (Wildman–Crippen LogP) is 2.59. The minimum absolute atomic E-state index is 0.251. The van der Waals surface area contributed by atoms with Gasteiger partial charge in [0.15, 0.2) is 0 Å². The van der Waals surface area contributed by atoms with E-state index in [2.05, 4.69) is 29.1 Å². The second kappa shape index (κ2) is 5.01. The Morgan fingerprint density at radius 3 is 2.19 bits per heavy atom. The lowest BCUT2D eigenvalue weighted by atomic mass is 10.0. The highest BCUT2D eigenvalue weighted by molar-refractivity contribution is 5.79. The lowest BCUT2D eigenvalue weighted by Crippen LogP contribution is -2.27. The maximum absolute atomic E-state index is 11.3. The van der Waals surface area contributed by atoms with Gasteiger partial charge >= 0.3 is 5.97 Å². The summed E-state index contributed by atoms with van der Waals surface area (Å²) in [4.78, 5) is 11.3. The minimum Gasteiger partial charge on any atom is -0.467 e. The Hall–Kier alpha value is -1.51. The zero-order valence-corrected chi connectivity index (χ0v) is 10.5. The molecule has 0 aliphatic heterocycles. The van der Waals surface area contributed by atoms with Crippen molar-refractivity contribution in [2.45, 2.75) is 33.7 Å². The van der Waals surface area contributed by atoms with Gasteiger partial charge in [0.2, 0.25) is 0 Å². The van der Waals surface area contributed by atoms with Crippen molar-refractivity contribution in [2.75, 3.05) is 12.4 Å². The first-order chi connectivity index (χ1) is 7.45. The van der Waals surface area contributed by atoms with E-state index in [4.69, 9.17) is 0 Å². The van der Waals surface area contributed by atoms with E-state index in [0.717, 1.165) is 16.8 Å². The maximum atomic E-state index is 11.3. The van der Waals surface area contributed by atoms with Crippen LogP contribution in [0.3, 0.4) is 0 Å². The summed E-state index contributed by atoms with van der Waals surface area (Å²) in [7, 11) is 1.40. The summed E-state index contributed by atoms with van der Waals surface area (Å²) < 4.78 is 4.69. The van der Waals surface area contributed by atoms with E-state index >= 15 is 0 Å². The Balaban J connectivity index is 2.93. The molecule has 3 nitrogen and oxygen atoms in total. The topological polar surface area (TPSA) is 38.3 Å². The standard InChI is InChI=1S/C13H19NO2/c1-8-6-9(2)12(10(3)7-8)14-11(4)13(15)16-5/h6-7,11,14H,1-5H3/t11-/m0/s1. The highest BCUT2D eigenvalue weighted by Gasteiger charge is 2.14. The number of aryl methyl sites for hydroxylation is 3. The average molecular weight is 221 g/mol. The van der Waals surface area contributed by atoms with Crippen LogP contribution in [-0.4, -0.2) is 19.1 Å². The highest BCUT2D eigenvalue weighted by Crippen LogP contribution is 2.22. The van der Waals surface area contributed by atoms with Crippen LogP contribution in [0.4, 0.5) is 5.69 Å². The summed E-state index contributed by atoms with van der Waals surface area (Å²) in [6.07, 6.45) is 0. The number of hydrogen-bond donors (Lipinski definition) is 1. The number of carbonyl (C=O) groups excluding carboxylic acids is 1. The van der Waals surface area contributed by atoms with E-state index in [1.54, 1.807) is 6.92 Å². The zero-order chi connectivity index (χ0) is 12.3. The van der Waals surface area contributed by atoms with Gasteiger partial charge < -0.3 is 10.1 Å². The lowest BCUT2D eigenvalue weighted by Gasteiger charge is -2.17. The van der Waals surface area contributed by atoms with Gasteiger partial charge in [-0.15, -0.1) is 0 Å². The second-order valence-corrected chi connectivity index (χ2v) is 4.16. The van der Waals surface area contributed by atoms with E-state index in [1.165, 1.54) is 12.7 Å². The highest BCUT2D eigenvalue weighted by atomic mass is 16.5. The third-order valence-electron chi connectivity index (χ3n) is 2.59. The molecule has 1 N–H and O–H groups in total. The molecule has 0 amide bonds. The van der Waals surface area contributed by atoms with E-state index < -0.39 is 0 Å². The molecule has 1 rings (SSSR count). The number of benzene rings is 1. The molecular weight excluding hydrogens is 202 g/mol. The molecule has 0 bridgehead atoms. The van der Waals surface area contributed by atoms with Crippen LogP contribution in [0.2, 0.25) is 0 Å². The Morgan fingerprint density at radius 1 is 1.25 bits per heavy atom. The molecule has 1 atom stereocenters. The van der Waals surface area contributed by atoms with Crippen molar-refractivity contribution in [3.05, 3.63) is 28.8 Å². The van der Waals surface area contributed by atoms with Gasteiger partial charge in [-0.25, -0.2) is 4.79 Å². The van der Waals surface area contributed by atoms with Crippen LogP contribution in [0.5, 0.6) is 0 Å². The fourth-order valence-corrected chi connectivity index (χ4v) is 1.86. The van der Waals surface area contributed by atoms with E-state index in [-0.39, 0.29) is 12.0 Å². The molecule has 1 aromatic carbocycles. The Labute approximate surface area is 96.8 Å². The minimum atomic E-state index is -0.329. The third-order valence-corrected chi connectivity index (χ3v) is 2.59. The van der Waals surface area contributed by atoms with E-state index in [0.29, 0.717) is 0 Å².